The molecule has 2 aromatic carbocycles. The second-order valence-corrected chi connectivity index (χ2v) is 7.33. The zero-order valence-corrected chi connectivity index (χ0v) is 15.7. The molecule has 144 valence electrons. The predicted molar refractivity (Wildman–Crippen MR) is 106 cm³/mol. The van der Waals surface area contributed by atoms with Crippen molar-refractivity contribution in [1.29, 1.82) is 0 Å². The Labute approximate surface area is 166 Å². The zero-order chi connectivity index (χ0) is 19.7. The summed E-state index contributed by atoms with van der Waals surface area (Å²) in [6.45, 7) is 1.44. The Morgan fingerprint density at radius 2 is 1.79 bits per heavy atom. The van der Waals surface area contributed by atoms with Crippen molar-refractivity contribution in [2.24, 2.45) is 0 Å². The first-order chi connectivity index (χ1) is 13.5. The van der Waals surface area contributed by atoms with E-state index < -0.39 is 17.5 Å². The van der Waals surface area contributed by atoms with Crippen molar-refractivity contribution in [3.63, 3.8) is 0 Å². The third-order valence-corrected chi connectivity index (χ3v) is 5.19. The molecular formula is C21H18ClF2N3O. The monoisotopic (exact) mass is 401 g/mol. The molecule has 1 saturated heterocycles. The third kappa shape index (κ3) is 3.92. The van der Waals surface area contributed by atoms with Gasteiger partial charge in [-0.2, -0.15) is 0 Å². The molecule has 28 heavy (non-hydrogen) atoms. The number of nitrogens with zero attached hydrogens (tertiary/aromatic N) is 2. The maximum atomic E-state index is 13.3. The fourth-order valence-electron chi connectivity index (χ4n) is 3.57. The predicted octanol–water partition coefficient (Wildman–Crippen LogP) is 4.57. The molecule has 1 aliphatic rings. The van der Waals surface area contributed by atoms with Crippen LogP contribution in [0.5, 0.6) is 0 Å². The molecule has 2 heterocycles. The standard InChI is InChI=1S/C21H18ClF2N3O/c22-15-1-2-19-13(9-15)3-6-25-20(19)27-7-4-18(5-8-27)26-21(28)14-10-16(23)12-17(24)11-14/h1-3,6,9-12,18H,4-5,7-8H2,(H,26,28). The third-order valence-electron chi connectivity index (χ3n) is 4.96. The Bertz CT molecular complexity index is 1020. The maximum absolute atomic E-state index is 13.3. The first kappa shape index (κ1) is 18.6. The minimum atomic E-state index is -0.762. The van der Waals surface area contributed by atoms with Crippen molar-refractivity contribution in [3.8, 4) is 0 Å². The van der Waals surface area contributed by atoms with Crippen molar-refractivity contribution >= 4 is 34.1 Å². The molecule has 7 heteroatoms. The number of nitrogens with one attached hydrogen (secondary N) is 1. The van der Waals surface area contributed by atoms with Crippen LogP contribution in [0, 0.1) is 11.6 Å². The summed E-state index contributed by atoms with van der Waals surface area (Å²) in [5.74, 6) is -1.09. The molecule has 4 nitrogen and oxygen atoms in total. The van der Waals surface area contributed by atoms with Gasteiger partial charge in [-0.1, -0.05) is 11.6 Å². The number of fused-ring (bicyclic) bond motifs is 1. The molecule has 0 bridgehead atoms. The number of hydrogen-bond donors (Lipinski definition) is 1. The Morgan fingerprint density at radius 3 is 2.50 bits per heavy atom. The van der Waals surface area contributed by atoms with Gasteiger partial charge in [0, 0.05) is 47.4 Å². The van der Waals surface area contributed by atoms with Crippen molar-refractivity contribution in [3.05, 3.63) is 70.9 Å². The zero-order valence-electron chi connectivity index (χ0n) is 15.0. The summed E-state index contributed by atoms with van der Waals surface area (Å²) in [6, 6.07) is 10.4. The van der Waals surface area contributed by atoms with Gasteiger partial charge in [0.05, 0.1) is 0 Å². The summed E-state index contributed by atoms with van der Waals surface area (Å²) in [4.78, 5) is 19.0. The lowest BCUT2D eigenvalue weighted by Crippen LogP contribution is -2.45. The Kier molecular flexibility index (Phi) is 5.13. The van der Waals surface area contributed by atoms with Gasteiger partial charge in [-0.25, -0.2) is 13.8 Å². The van der Waals surface area contributed by atoms with Gasteiger partial charge in [-0.3, -0.25) is 4.79 Å². The van der Waals surface area contributed by atoms with E-state index in [-0.39, 0.29) is 11.6 Å². The molecule has 1 aromatic heterocycles. The summed E-state index contributed by atoms with van der Waals surface area (Å²) in [5, 5.41) is 5.61. The van der Waals surface area contributed by atoms with E-state index in [9.17, 15) is 13.6 Å². The Balaban J connectivity index is 1.43. The topological polar surface area (TPSA) is 45.2 Å². The van der Waals surface area contributed by atoms with Gasteiger partial charge < -0.3 is 10.2 Å². The highest BCUT2D eigenvalue weighted by Crippen LogP contribution is 2.28. The molecule has 1 fully saturated rings. The Morgan fingerprint density at radius 1 is 1.07 bits per heavy atom. The molecule has 1 aliphatic heterocycles. The van der Waals surface area contributed by atoms with E-state index in [1.807, 2.05) is 24.3 Å². The smallest absolute Gasteiger partial charge is 0.251 e. The number of carbonyl (C=O) groups excluding carboxylic acids is 1. The Hall–Kier alpha value is -2.73. The van der Waals surface area contributed by atoms with Crippen LogP contribution in [0.25, 0.3) is 10.8 Å². The van der Waals surface area contributed by atoms with Gasteiger partial charge in [-0.05, 0) is 54.6 Å². The minimum absolute atomic E-state index is 0.00692. The van der Waals surface area contributed by atoms with Gasteiger partial charge in [0.1, 0.15) is 17.5 Å². The van der Waals surface area contributed by atoms with E-state index in [1.165, 1.54) is 0 Å². The minimum Gasteiger partial charge on any atom is -0.356 e. The van der Waals surface area contributed by atoms with Crippen LogP contribution in [0.15, 0.2) is 48.7 Å². The molecule has 0 atom stereocenters. The first-order valence-electron chi connectivity index (χ1n) is 9.06. The van der Waals surface area contributed by atoms with Crippen LogP contribution in [0.3, 0.4) is 0 Å². The first-order valence-corrected chi connectivity index (χ1v) is 9.43. The van der Waals surface area contributed by atoms with E-state index in [1.54, 1.807) is 6.20 Å². The highest BCUT2D eigenvalue weighted by atomic mass is 35.5. The number of amides is 1. The molecule has 0 saturated carbocycles. The van der Waals surface area contributed by atoms with Crippen molar-refractivity contribution in [1.82, 2.24) is 10.3 Å². The number of benzene rings is 2. The van der Waals surface area contributed by atoms with Gasteiger partial charge in [0.2, 0.25) is 0 Å². The average Bonchev–Trinajstić information content (AvgIpc) is 2.67. The molecule has 0 unspecified atom stereocenters. The van der Waals surface area contributed by atoms with Gasteiger partial charge in [0.15, 0.2) is 0 Å². The van der Waals surface area contributed by atoms with Crippen LogP contribution in [0.1, 0.15) is 23.2 Å². The van der Waals surface area contributed by atoms with E-state index in [0.29, 0.717) is 5.02 Å². The summed E-state index contributed by atoms with van der Waals surface area (Å²) in [5.41, 5.74) is -0.00692. The number of carbonyl (C=O) groups is 1. The van der Waals surface area contributed by atoms with Crippen LogP contribution in [-0.4, -0.2) is 30.0 Å². The number of anilines is 1. The lowest BCUT2D eigenvalue weighted by Gasteiger charge is -2.33. The summed E-state index contributed by atoms with van der Waals surface area (Å²) < 4.78 is 26.6. The second-order valence-electron chi connectivity index (χ2n) is 6.89. The summed E-state index contributed by atoms with van der Waals surface area (Å²) >= 11 is 6.07. The number of halogens is 3. The maximum Gasteiger partial charge on any atom is 0.251 e. The SMILES string of the molecule is O=C(NC1CCN(c2nccc3cc(Cl)ccc23)CC1)c1cc(F)cc(F)c1. The fourth-order valence-corrected chi connectivity index (χ4v) is 3.75. The van der Waals surface area contributed by atoms with E-state index in [4.69, 9.17) is 11.6 Å². The van der Waals surface area contributed by atoms with Crippen molar-refractivity contribution in [2.75, 3.05) is 18.0 Å². The van der Waals surface area contributed by atoms with Crippen LogP contribution in [0.2, 0.25) is 5.02 Å². The lowest BCUT2D eigenvalue weighted by molar-refractivity contribution is 0.0930. The molecule has 1 amide bonds. The number of hydrogen-bond acceptors (Lipinski definition) is 3. The van der Waals surface area contributed by atoms with Gasteiger partial charge >= 0.3 is 0 Å². The van der Waals surface area contributed by atoms with E-state index in [0.717, 1.165) is 60.7 Å². The molecule has 3 aromatic rings. The van der Waals surface area contributed by atoms with Crippen LogP contribution in [-0.2, 0) is 0 Å². The number of aromatic nitrogens is 1. The van der Waals surface area contributed by atoms with E-state index >= 15 is 0 Å². The van der Waals surface area contributed by atoms with Gasteiger partial charge in [-0.15, -0.1) is 0 Å². The van der Waals surface area contributed by atoms with Crippen molar-refractivity contribution < 1.29 is 13.6 Å². The highest BCUT2D eigenvalue weighted by molar-refractivity contribution is 6.31. The number of rotatable bonds is 3. The van der Waals surface area contributed by atoms with E-state index in [2.05, 4.69) is 15.2 Å². The fraction of sp³-hybridized carbons (Fsp3) is 0.238. The molecular weight excluding hydrogens is 384 g/mol. The van der Waals surface area contributed by atoms with Gasteiger partial charge in [0.25, 0.3) is 5.91 Å². The molecule has 4 rings (SSSR count). The number of pyridine rings is 1. The lowest BCUT2D eigenvalue weighted by atomic mass is 10.0. The molecule has 1 N–H and O–H groups in total. The highest BCUT2D eigenvalue weighted by Gasteiger charge is 2.23. The average molecular weight is 402 g/mol. The number of piperidine rings is 1. The molecule has 0 spiro atoms. The normalized spacial score (nSPS) is 15.0. The quantitative estimate of drug-likeness (QED) is 0.699. The van der Waals surface area contributed by atoms with Crippen LogP contribution >= 0.6 is 11.6 Å². The largest absolute Gasteiger partial charge is 0.356 e. The molecule has 0 aliphatic carbocycles. The second kappa shape index (κ2) is 7.72. The summed E-state index contributed by atoms with van der Waals surface area (Å²) in [6.07, 6.45) is 3.20. The van der Waals surface area contributed by atoms with Crippen LogP contribution in [0.4, 0.5) is 14.6 Å². The molecule has 0 radical (unpaired) electrons. The van der Waals surface area contributed by atoms with Crippen LogP contribution < -0.4 is 10.2 Å². The summed E-state index contributed by atoms with van der Waals surface area (Å²) in [7, 11) is 0. The van der Waals surface area contributed by atoms with Crippen molar-refractivity contribution in [2.45, 2.75) is 18.9 Å².